The second kappa shape index (κ2) is 10.5. The molecular formula is C20H21N3O3. The van der Waals surface area contributed by atoms with E-state index in [-0.39, 0.29) is 18.7 Å². The highest BCUT2D eigenvalue weighted by Gasteiger charge is 2.07. The molecule has 0 spiro atoms. The summed E-state index contributed by atoms with van der Waals surface area (Å²) in [5, 5.41) is 2.74. The summed E-state index contributed by atoms with van der Waals surface area (Å²) in [7, 11) is 0. The molecule has 0 bridgehead atoms. The lowest BCUT2D eigenvalue weighted by molar-refractivity contribution is -0.129. The standard InChI is InChI=1S/C20H21N3O3/c24-18(21-15-17-9-5-2-6-10-17)13-14-20(26)23-22-19(25)12-11-16-7-3-1-4-8-16/h1-12H,13-15H2,(H,21,24)(H,22,25)(H,23,26)/b12-11+. The van der Waals surface area contributed by atoms with Crippen LogP contribution in [0.5, 0.6) is 0 Å². The van der Waals surface area contributed by atoms with Gasteiger partial charge in [0.1, 0.15) is 0 Å². The van der Waals surface area contributed by atoms with Crippen molar-refractivity contribution in [2.45, 2.75) is 19.4 Å². The summed E-state index contributed by atoms with van der Waals surface area (Å²) in [6, 6.07) is 18.8. The second-order valence-corrected chi connectivity index (χ2v) is 5.54. The molecule has 0 saturated heterocycles. The van der Waals surface area contributed by atoms with Gasteiger partial charge in [0.25, 0.3) is 5.91 Å². The Morgan fingerprint density at radius 2 is 1.38 bits per heavy atom. The number of hydrogen-bond donors (Lipinski definition) is 3. The van der Waals surface area contributed by atoms with E-state index < -0.39 is 11.8 Å². The van der Waals surface area contributed by atoms with Crippen molar-refractivity contribution >= 4 is 23.8 Å². The van der Waals surface area contributed by atoms with Crippen molar-refractivity contribution in [1.29, 1.82) is 0 Å². The van der Waals surface area contributed by atoms with Crippen molar-refractivity contribution in [3.8, 4) is 0 Å². The fourth-order valence-electron chi connectivity index (χ4n) is 2.08. The predicted octanol–water partition coefficient (Wildman–Crippen LogP) is 1.94. The molecule has 0 heterocycles. The molecule has 0 aliphatic rings. The number of carbonyl (C=O) groups excluding carboxylic acids is 3. The highest BCUT2D eigenvalue weighted by molar-refractivity contribution is 5.93. The highest BCUT2D eigenvalue weighted by atomic mass is 16.2. The molecule has 6 heteroatoms. The van der Waals surface area contributed by atoms with Gasteiger partial charge in [-0.15, -0.1) is 0 Å². The lowest BCUT2D eigenvalue weighted by Crippen LogP contribution is -2.41. The number of amides is 3. The Bertz CT molecular complexity index is 758. The van der Waals surface area contributed by atoms with E-state index in [1.165, 1.54) is 6.08 Å². The van der Waals surface area contributed by atoms with Crippen molar-refractivity contribution in [2.75, 3.05) is 0 Å². The van der Waals surface area contributed by atoms with Gasteiger partial charge in [0.15, 0.2) is 0 Å². The number of hydrazine groups is 1. The van der Waals surface area contributed by atoms with E-state index in [9.17, 15) is 14.4 Å². The largest absolute Gasteiger partial charge is 0.352 e. The van der Waals surface area contributed by atoms with Gasteiger partial charge in [0.05, 0.1) is 0 Å². The van der Waals surface area contributed by atoms with Crippen LogP contribution in [0.4, 0.5) is 0 Å². The molecule has 2 aromatic rings. The number of benzene rings is 2. The van der Waals surface area contributed by atoms with Gasteiger partial charge in [-0.3, -0.25) is 25.2 Å². The Morgan fingerprint density at radius 3 is 2.08 bits per heavy atom. The normalized spacial score (nSPS) is 10.3. The van der Waals surface area contributed by atoms with Crippen molar-refractivity contribution in [3.05, 3.63) is 77.9 Å². The van der Waals surface area contributed by atoms with E-state index in [1.807, 2.05) is 60.7 Å². The molecule has 6 nitrogen and oxygen atoms in total. The third kappa shape index (κ3) is 7.44. The highest BCUT2D eigenvalue weighted by Crippen LogP contribution is 2.00. The van der Waals surface area contributed by atoms with Gasteiger partial charge in [-0.25, -0.2) is 0 Å². The smallest absolute Gasteiger partial charge is 0.262 e. The average Bonchev–Trinajstić information content (AvgIpc) is 2.69. The Kier molecular flexibility index (Phi) is 7.61. The lowest BCUT2D eigenvalue weighted by Gasteiger charge is -2.06. The van der Waals surface area contributed by atoms with Crippen LogP contribution in [0.2, 0.25) is 0 Å². The first-order chi connectivity index (χ1) is 12.6. The van der Waals surface area contributed by atoms with Crippen molar-refractivity contribution in [2.24, 2.45) is 0 Å². The third-order valence-corrected chi connectivity index (χ3v) is 3.46. The minimum atomic E-state index is -0.448. The summed E-state index contributed by atoms with van der Waals surface area (Å²) in [6.07, 6.45) is 3.00. The van der Waals surface area contributed by atoms with Gasteiger partial charge in [-0.05, 0) is 17.2 Å². The first kappa shape index (κ1) is 18.9. The van der Waals surface area contributed by atoms with E-state index in [4.69, 9.17) is 0 Å². The summed E-state index contributed by atoms with van der Waals surface area (Å²) in [5.41, 5.74) is 6.42. The summed E-state index contributed by atoms with van der Waals surface area (Å²) in [5.74, 6) is -1.10. The van der Waals surface area contributed by atoms with E-state index in [1.54, 1.807) is 6.08 Å². The van der Waals surface area contributed by atoms with Crippen LogP contribution in [0.15, 0.2) is 66.7 Å². The summed E-state index contributed by atoms with van der Waals surface area (Å²) in [6.45, 7) is 0.419. The van der Waals surface area contributed by atoms with Crippen LogP contribution in [0.1, 0.15) is 24.0 Å². The molecule has 0 radical (unpaired) electrons. The first-order valence-corrected chi connectivity index (χ1v) is 8.26. The number of carbonyl (C=O) groups is 3. The number of hydrogen-bond acceptors (Lipinski definition) is 3. The summed E-state index contributed by atoms with van der Waals surface area (Å²) in [4.78, 5) is 35.0. The Hall–Kier alpha value is -3.41. The van der Waals surface area contributed by atoms with E-state index >= 15 is 0 Å². The maximum atomic E-state index is 11.7. The maximum absolute atomic E-state index is 11.7. The monoisotopic (exact) mass is 351 g/mol. The fraction of sp³-hybridized carbons (Fsp3) is 0.150. The predicted molar refractivity (Wildman–Crippen MR) is 99.3 cm³/mol. The van der Waals surface area contributed by atoms with Crippen molar-refractivity contribution in [3.63, 3.8) is 0 Å². The van der Waals surface area contributed by atoms with Crippen molar-refractivity contribution in [1.82, 2.24) is 16.2 Å². The molecule has 3 amide bonds. The third-order valence-electron chi connectivity index (χ3n) is 3.46. The molecule has 0 aliphatic heterocycles. The van der Waals surface area contributed by atoms with Crippen LogP contribution in [-0.4, -0.2) is 17.7 Å². The van der Waals surface area contributed by atoms with Gasteiger partial charge >= 0.3 is 0 Å². The SMILES string of the molecule is O=C(/C=C/c1ccccc1)NNC(=O)CCC(=O)NCc1ccccc1. The minimum absolute atomic E-state index is 0.0106. The molecule has 2 aromatic carbocycles. The molecule has 0 saturated carbocycles. The number of nitrogens with one attached hydrogen (secondary N) is 3. The van der Waals surface area contributed by atoms with E-state index in [2.05, 4.69) is 16.2 Å². The van der Waals surface area contributed by atoms with E-state index in [0.717, 1.165) is 11.1 Å². The van der Waals surface area contributed by atoms with E-state index in [0.29, 0.717) is 6.54 Å². The molecule has 0 aromatic heterocycles. The maximum Gasteiger partial charge on any atom is 0.262 e. The summed E-state index contributed by atoms with van der Waals surface area (Å²) < 4.78 is 0. The molecule has 26 heavy (non-hydrogen) atoms. The zero-order valence-electron chi connectivity index (χ0n) is 14.3. The van der Waals surface area contributed by atoms with Crippen molar-refractivity contribution < 1.29 is 14.4 Å². The molecule has 0 fully saturated rings. The Morgan fingerprint density at radius 1 is 0.769 bits per heavy atom. The van der Waals surface area contributed by atoms with Gasteiger partial charge < -0.3 is 5.32 Å². The zero-order valence-corrected chi connectivity index (χ0v) is 14.3. The molecule has 3 N–H and O–H groups in total. The molecule has 0 unspecified atom stereocenters. The van der Waals surface area contributed by atoms with Gasteiger partial charge in [-0.1, -0.05) is 60.7 Å². The Labute approximate surface area is 152 Å². The molecular weight excluding hydrogens is 330 g/mol. The first-order valence-electron chi connectivity index (χ1n) is 8.26. The molecule has 2 rings (SSSR count). The van der Waals surface area contributed by atoms with Crippen LogP contribution >= 0.6 is 0 Å². The zero-order chi connectivity index (χ0) is 18.6. The summed E-state index contributed by atoms with van der Waals surface area (Å²) >= 11 is 0. The van der Waals surface area contributed by atoms with Gasteiger partial charge in [0, 0.05) is 25.5 Å². The second-order valence-electron chi connectivity index (χ2n) is 5.54. The number of rotatable bonds is 7. The Balaban J connectivity index is 1.61. The van der Waals surface area contributed by atoms with Crippen LogP contribution in [-0.2, 0) is 20.9 Å². The topological polar surface area (TPSA) is 87.3 Å². The van der Waals surface area contributed by atoms with Crippen LogP contribution in [0.3, 0.4) is 0 Å². The lowest BCUT2D eigenvalue weighted by atomic mass is 10.2. The quantitative estimate of drug-likeness (QED) is 0.526. The minimum Gasteiger partial charge on any atom is -0.352 e. The van der Waals surface area contributed by atoms with Gasteiger partial charge in [-0.2, -0.15) is 0 Å². The molecule has 0 atom stereocenters. The van der Waals surface area contributed by atoms with Crippen LogP contribution in [0, 0.1) is 0 Å². The molecule has 134 valence electrons. The average molecular weight is 351 g/mol. The molecule has 0 aliphatic carbocycles. The fourth-order valence-corrected chi connectivity index (χ4v) is 2.08. The van der Waals surface area contributed by atoms with Gasteiger partial charge in [0.2, 0.25) is 11.8 Å². The van der Waals surface area contributed by atoms with Crippen LogP contribution < -0.4 is 16.2 Å². The van der Waals surface area contributed by atoms with Crippen LogP contribution in [0.25, 0.3) is 6.08 Å².